The summed E-state index contributed by atoms with van der Waals surface area (Å²) in [6.45, 7) is 6.65. The average molecular weight is 348 g/mol. The van der Waals surface area contributed by atoms with E-state index in [1.165, 1.54) is 0 Å². The second-order valence-corrected chi connectivity index (χ2v) is 6.50. The molecule has 0 aliphatic heterocycles. The molecule has 4 nitrogen and oxygen atoms in total. The van der Waals surface area contributed by atoms with Crippen molar-refractivity contribution in [1.29, 1.82) is 0 Å². The zero-order valence-electron chi connectivity index (χ0n) is 15.7. The van der Waals surface area contributed by atoms with Gasteiger partial charge in [0.1, 0.15) is 5.75 Å². The minimum Gasteiger partial charge on any atom is -0.496 e. The van der Waals surface area contributed by atoms with E-state index in [1.807, 2.05) is 69.3 Å². The molecule has 0 aliphatic rings. The van der Waals surface area contributed by atoms with Crippen LogP contribution in [-0.2, 0) is 6.54 Å². The fourth-order valence-corrected chi connectivity index (χ4v) is 3.61. The SMILES string of the molecule is COc1ccccc1Cn1c(C)c(C(N)=O)c(-c2ccccc2C)c1C. The monoisotopic (exact) mass is 348 g/mol. The van der Waals surface area contributed by atoms with Gasteiger partial charge >= 0.3 is 0 Å². The van der Waals surface area contributed by atoms with Crippen LogP contribution in [0.4, 0.5) is 0 Å². The van der Waals surface area contributed by atoms with E-state index >= 15 is 0 Å². The summed E-state index contributed by atoms with van der Waals surface area (Å²) in [7, 11) is 1.67. The van der Waals surface area contributed by atoms with E-state index < -0.39 is 5.91 Å². The number of amides is 1. The molecule has 0 fully saturated rings. The first kappa shape index (κ1) is 17.8. The van der Waals surface area contributed by atoms with Crippen molar-refractivity contribution in [3.8, 4) is 16.9 Å². The molecule has 0 atom stereocenters. The Balaban J connectivity index is 2.21. The quantitative estimate of drug-likeness (QED) is 0.750. The van der Waals surface area contributed by atoms with Gasteiger partial charge in [0, 0.05) is 22.5 Å². The van der Waals surface area contributed by atoms with E-state index in [9.17, 15) is 4.79 Å². The Labute approximate surface area is 154 Å². The van der Waals surface area contributed by atoms with Crippen LogP contribution in [0.3, 0.4) is 0 Å². The van der Waals surface area contributed by atoms with Crippen molar-refractivity contribution >= 4 is 5.91 Å². The highest BCUT2D eigenvalue weighted by molar-refractivity contribution is 6.02. The maximum Gasteiger partial charge on any atom is 0.251 e. The van der Waals surface area contributed by atoms with Gasteiger partial charge in [-0.15, -0.1) is 0 Å². The highest BCUT2D eigenvalue weighted by Crippen LogP contribution is 2.35. The molecular weight excluding hydrogens is 324 g/mol. The molecule has 0 saturated carbocycles. The van der Waals surface area contributed by atoms with Crippen LogP contribution in [0.25, 0.3) is 11.1 Å². The smallest absolute Gasteiger partial charge is 0.251 e. The number of hydrogen-bond donors (Lipinski definition) is 1. The Morgan fingerprint density at radius 3 is 2.31 bits per heavy atom. The lowest BCUT2D eigenvalue weighted by molar-refractivity contribution is 0.1000. The molecule has 0 saturated heterocycles. The number of aryl methyl sites for hydroxylation is 1. The van der Waals surface area contributed by atoms with E-state index in [1.54, 1.807) is 7.11 Å². The van der Waals surface area contributed by atoms with Crippen LogP contribution < -0.4 is 10.5 Å². The molecular formula is C22H24N2O2. The number of carbonyl (C=O) groups excluding carboxylic acids is 1. The van der Waals surface area contributed by atoms with Gasteiger partial charge in [0.15, 0.2) is 0 Å². The van der Waals surface area contributed by atoms with Crippen LogP contribution in [0.15, 0.2) is 48.5 Å². The molecule has 26 heavy (non-hydrogen) atoms. The Morgan fingerprint density at radius 1 is 1.00 bits per heavy atom. The number of para-hydroxylation sites is 1. The number of ether oxygens (including phenoxy) is 1. The zero-order chi connectivity index (χ0) is 18.8. The summed E-state index contributed by atoms with van der Waals surface area (Å²) in [6.07, 6.45) is 0. The number of nitrogens with zero attached hydrogens (tertiary/aromatic N) is 1. The van der Waals surface area contributed by atoms with Crippen LogP contribution in [0.5, 0.6) is 5.75 Å². The topological polar surface area (TPSA) is 57.2 Å². The molecule has 3 rings (SSSR count). The largest absolute Gasteiger partial charge is 0.496 e. The molecule has 0 aliphatic carbocycles. The molecule has 3 aromatic rings. The number of carbonyl (C=O) groups is 1. The summed E-state index contributed by atoms with van der Waals surface area (Å²) >= 11 is 0. The molecule has 134 valence electrons. The third kappa shape index (κ3) is 2.99. The Hall–Kier alpha value is -3.01. The van der Waals surface area contributed by atoms with Crippen LogP contribution >= 0.6 is 0 Å². The van der Waals surface area contributed by atoms with E-state index in [0.717, 1.165) is 39.4 Å². The highest BCUT2D eigenvalue weighted by Gasteiger charge is 2.23. The van der Waals surface area contributed by atoms with E-state index in [4.69, 9.17) is 10.5 Å². The number of methoxy groups -OCH3 is 1. The van der Waals surface area contributed by atoms with E-state index in [0.29, 0.717) is 12.1 Å². The molecule has 1 aromatic heterocycles. The molecule has 0 spiro atoms. The summed E-state index contributed by atoms with van der Waals surface area (Å²) in [5, 5.41) is 0. The summed E-state index contributed by atoms with van der Waals surface area (Å²) < 4.78 is 7.62. The van der Waals surface area contributed by atoms with Gasteiger partial charge in [-0.1, -0.05) is 42.5 Å². The first-order valence-corrected chi connectivity index (χ1v) is 8.63. The number of nitrogens with two attached hydrogens (primary N) is 1. The summed E-state index contributed by atoms with van der Waals surface area (Å²) in [5.41, 5.74) is 12.4. The van der Waals surface area contributed by atoms with Crippen molar-refractivity contribution in [2.75, 3.05) is 7.11 Å². The van der Waals surface area contributed by atoms with Crippen LogP contribution in [0, 0.1) is 20.8 Å². The zero-order valence-corrected chi connectivity index (χ0v) is 15.7. The average Bonchev–Trinajstić information content (AvgIpc) is 2.87. The Kier molecular flexibility index (Phi) is 4.85. The van der Waals surface area contributed by atoms with Crippen molar-refractivity contribution in [3.63, 3.8) is 0 Å². The third-order valence-electron chi connectivity index (χ3n) is 4.97. The van der Waals surface area contributed by atoms with Crippen molar-refractivity contribution < 1.29 is 9.53 Å². The van der Waals surface area contributed by atoms with Gasteiger partial charge in [-0.3, -0.25) is 4.79 Å². The van der Waals surface area contributed by atoms with Gasteiger partial charge in [0.05, 0.1) is 19.2 Å². The predicted octanol–water partition coefficient (Wildman–Crippen LogP) is 4.24. The van der Waals surface area contributed by atoms with E-state index in [2.05, 4.69) is 4.57 Å². The lowest BCUT2D eigenvalue weighted by atomic mass is 9.96. The lowest BCUT2D eigenvalue weighted by Gasteiger charge is -2.13. The second-order valence-electron chi connectivity index (χ2n) is 6.50. The van der Waals surface area contributed by atoms with Gasteiger partial charge in [0.25, 0.3) is 5.91 Å². The molecule has 4 heteroatoms. The van der Waals surface area contributed by atoms with Gasteiger partial charge in [-0.2, -0.15) is 0 Å². The second kappa shape index (κ2) is 7.08. The molecule has 0 radical (unpaired) electrons. The summed E-state index contributed by atoms with van der Waals surface area (Å²) in [4.78, 5) is 12.3. The normalized spacial score (nSPS) is 10.8. The number of benzene rings is 2. The first-order valence-electron chi connectivity index (χ1n) is 8.63. The van der Waals surface area contributed by atoms with Crippen LogP contribution in [0.2, 0.25) is 0 Å². The Morgan fingerprint density at radius 2 is 1.65 bits per heavy atom. The highest BCUT2D eigenvalue weighted by atomic mass is 16.5. The van der Waals surface area contributed by atoms with Crippen LogP contribution in [0.1, 0.15) is 32.9 Å². The predicted molar refractivity (Wildman–Crippen MR) is 105 cm³/mol. The minimum atomic E-state index is -0.400. The molecule has 0 unspecified atom stereocenters. The van der Waals surface area contributed by atoms with Crippen molar-refractivity contribution in [2.24, 2.45) is 5.73 Å². The first-order chi connectivity index (χ1) is 12.5. The summed E-state index contributed by atoms with van der Waals surface area (Å²) in [5.74, 6) is 0.431. The summed E-state index contributed by atoms with van der Waals surface area (Å²) in [6, 6.07) is 16.0. The van der Waals surface area contributed by atoms with Crippen LogP contribution in [-0.4, -0.2) is 17.6 Å². The van der Waals surface area contributed by atoms with Gasteiger partial charge in [0.2, 0.25) is 0 Å². The Bertz CT molecular complexity index is 970. The fraction of sp³-hybridized carbons (Fsp3) is 0.227. The maximum atomic E-state index is 12.3. The molecule has 0 bridgehead atoms. The van der Waals surface area contributed by atoms with E-state index in [-0.39, 0.29) is 0 Å². The third-order valence-corrected chi connectivity index (χ3v) is 4.97. The van der Waals surface area contributed by atoms with Crippen molar-refractivity contribution in [3.05, 3.63) is 76.6 Å². The molecule has 1 amide bonds. The molecule has 2 aromatic carbocycles. The number of aromatic nitrogens is 1. The van der Waals surface area contributed by atoms with Crippen molar-refractivity contribution in [1.82, 2.24) is 4.57 Å². The van der Waals surface area contributed by atoms with Gasteiger partial charge in [-0.25, -0.2) is 0 Å². The number of primary amides is 1. The molecule has 1 heterocycles. The van der Waals surface area contributed by atoms with Gasteiger partial charge in [-0.05, 0) is 38.0 Å². The van der Waals surface area contributed by atoms with Gasteiger partial charge < -0.3 is 15.0 Å². The standard InChI is InChI=1S/C22H24N2O2/c1-14-9-5-7-11-18(14)20-15(2)24(16(3)21(20)22(23)25)13-17-10-6-8-12-19(17)26-4/h5-12H,13H2,1-4H3,(H2,23,25). The number of rotatable bonds is 5. The minimum absolute atomic E-state index is 0.400. The lowest BCUT2D eigenvalue weighted by Crippen LogP contribution is -2.14. The maximum absolute atomic E-state index is 12.3. The number of hydrogen-bond acceptors (Lipinski definition) is 2. The fourth-order valence-electron chi connectivity index (χ4n) is 3.61. The van der Waals surface area contributed by atoms with Crippen molar-refractivity contribution in [2.45, 2.75) is 27.3 Å². The molecule has 2 N–H and O–H groups in total.